The van der Waals surface area contributed by atoms with Crippen molar-refractivity contribution in [3.05, 3.63) is 0 Å². The Kier molecular flexibility index (Phi) is 7.19. The SMILES string of the molecule is CCN(CC1(CBr)CCCCC1)C(C)CN(C)C. The smallest absolute Gasteiger partial charge is 0.0194 e. The summed E-state index contributed by atoms with van der Waals surface area (Å²) in [6.45, 7) is 8.27. The fourth-order valence-electron chi connectivity index (χ4n) is 3.29. The van der Waals surface area contributed by atoms with Crippen molar-refractivity contribution in [1.29, 1.82) is 0 Å². The van der Waals surface area contributed by atoms with Crippen molar-refractivity contribution in [2.75, 3.05) is 39.1 Å². The van der Waals surface area contributed by atoms with E-state index < -0.39 is 0 Å². The van der Waals surface area contributed by atoms with Crippen LogP contribution in [0.2, 0.25) is 0 Å². The summed E-state index contributed by atoms with van der Waals surface area (Å²) in [6, 6.07) is 0.655. The van der Waals surface area contributed by atoms with Crippen LogP contribution in [0.4, 0.5) is 0 Å². The molecule has 2 nitrogen and oxygen atoms in total. The summed E-state index contributed by atoms with van der Waals surface area (Å²) >= 11 is 3.79. The second-order valence-electron chi connectivity index (χ2n) is 6.37. The Labute approximate surface area is 122 Å². The zero-order valence-electron chi connectivity index (χ0n) is 12.7. The molecule has 1 atom stereocenters. The van der Waals surface area contributed by atoms with Crippen molar-refractivity contribution in [3.8, 4) is 0 Å². The fraction of sp³-hybridized carbons (Fsp3) is 1.00. The molecule has 0 heterocycles. The Morgan fingerprint density at radius 3 is 2.22 bits per heavy atom. The van der Waals surface area contributed by atoms with E-state index in [4.69, 9.17) is 0 Å². The van der Waals surface area contributed by atoms with Gasteiger partial charge in [0.1, 0.15) is 0 Å². The van der Waals surface area contributed by atoms with Crippen molar-refractivity contribution in [2.24, 2.45) is 5.41 Å². The molecule has 3 heteroatoms. The highest BCUT2D eigenvalue weighted by Gasteiger charge is 2.33. The molecule has 0 amide bonds. The number of nitrogens with zero attached hydrogens (tertiary/aromatic N) is 2. The molecule has 0 aromatic rings. The van der Waals surface area contributed by atoms with Crippen LogP contribution in [-0.2, 0) is 0 Å². The molecule has 0 spiro atoms. The number of hydrogen-bond acceptors (Lipinski definition) is 2. The maximum Gasteiger partial charge on any atom is 0.0194 e. The Hall–Kier alpha value is 0.400. The molecular weight excluding hydrogens is 288 g/mol. The van der Waals surface area contributed by atoms with Gasteiger partial charge < -0.3 is 4.90 Å². The van der Waals surface area contributed by atoms with Crippen LogP contribution < -0.4 is 0 Å². The Morgan fingerprint density at radius 2 is 1.78 bits per heavy atom. The normalized spacial score (nSPS) is 21.5. The zero-order chi connectivity index (χ0) is 13.6. The average molecular weight is 319 g/mol. The van der Waals surface area contributed by atoms with Crippen molar-refractivity contribution in [3.63, 3.8) is 0 Å². The number of alkyl halides is 1. The molecule has 1 unspecified atom stereocenters. The summed E-state index contributed by atoms with van der Waals surface area (Å²) in [5.41, 5.74) is 0.537. The first-order valence-electron chi connectivity index (χ1n) is 7.48. The predicted molar refractivity (Wildman–Crippen MR) is 84.6 cm³/mol. The van der Waals surface area contributed by atoms with Crippen LogP contribution in [0.5, 0.6) is 0 Å². The molecule has 0 N–H and O–H groups in total. The van der Waals surface area contributed by atoms with Crippen LogP contribution in [0, 0.1) is 5.41 Å². The molecule has 0 bridgehead atoms. The fourth-order valence-corrected chi connectivity index (χ4v) is 4.03. The highest BCUT2D eigenvalue weighted by molar-refractivity contribution is 9.09. The topological polar surface area (TPSA) is 6.48 Å². The second-order valence-corrected chi connectivity index (χ2v) is 6.93. The Morgan fingerprint density at radius 1 is 1.17 bits per heavy atom. The minimum atomic E-state index is 0.537. The van der Waals surface area contributed by atoms with Crippen LogP contribution >= 0.6 is 15.9 Å². The van der Waals surface area contributed by atoms with Crippen LogP contribution in [0.25, 0.3) is 0 Å². The van der Waals surface area contributed by atoms with Gasteiger partial charge in [-0.2, -0.15) is 0 Å². The molecule has 0 aliphatic heterocycles. The quantitative estimate of drug-likeness (QED) is 0.662. The van der Waals surface area contributed by atoms with Gasteiger partial charge in [-0.3, -0.25) is 4.90 Å². The first kappa shape index (κ1) is 16.5. The molecule has 1 saturated carbocycles. The number of hydrogen-bond donors (Lipinski definition) is 0. The van der Waals surface area contributed by atoms with E-state index in [0.29, 0.717) is 11.5 Å². The molecule has 0 saturated heterocycles. The Bertz CT molecular complexity index is 225. The molecular formula is C15H31BrN2. The Balaban J connectivity index is 2.59. The highest BCUT2D eigenvalue weighted by atomic mass is 79.9. The highest BCUT2D eigenvalue weighted by Crippen LogP contribution is 2.38. The minimum absolute atomic E-state index is 0.537. The third-order valence-electron chi connectivity index (χ3n) is 4.40. The van der Waals surface area contributed by atoms with Gasteiger partial charge >= 0.3 is 0 Å². The lowest BCUT2D eigenvalue weighted by molar-refractivity contribution is 0.0917. The maximum absolute atomic E-state index is 3.79. The summed E-state index contributed by atoms with van der Waals surface area (Å²) in [7, 11) is 4.34. The minimum Gasteiger partial charge on any atom is -0.308 e. The molecule has 0 aromatic carbocycles. The summed E-state index contributed by atoms with van der Waals surface area (Å²) in [4.78, 5) is 4.97. The van der Waals surface area contributed by atoms with Crippen LogP contribution in [-0.4, -0.2) is 54.9 Å². The van der Waals surface area contributed by atoms with Crippen molar-refractivity contribution >= 4 is 15.9 Å². The van der Waals surface area contributed by atoms with Gasteiger partial charge in [-0.05, 0) is 45.8 Å². The first-order chi connectivity index (χ1) is 8.53. The van der Waals surface area contributed by atoms with E-state index in [9.17, 15) is 0 Å². The van der Waals surface area contributed by atoms with Gasteiger partial charge in [-0.25, -0.2) is 0 Å². The van der Waals surface area contributed by atoms with Gasteiger partial charge in [-0.1, -0.05) is 42.1 Å². The number of halogens is 1. The van der Waals surface area contributed by atoms with Crippen LogP contribution in [0.3, 0.4) is 0 Å². The van der Waals surface area contributed by atoms with Crippen molar-refractivity contribution < 1.29 is 0 Å². The van der Waals surface area contributed by atoms with Gasteiger partial charge in [0.2, 0.25) is 0 Å². The summed E-state index contributed by atoms with van der Waals surface area (Å²) < 4.78 is 0. The monoisotopic (exact) mass is 318 g/mol. The van der Waals surface area contributed by atoms with E-state index in [1.807, 2.05) is 0 Å². The van der Waals surface area contributed by atoms with E-state index in [0.717, 1.165) is 6.54 Å². The molecule has 0 radical (unpaired) electrons. The molecule has 1 fully saturated rings. The van der Waals surface area contributed by atoms with E-state index in [1.165, 1.54) is 50.5 Å². The van der Waals surface area contributed by atoms with Gasteiger partial charge in [0.05, 0.1) is 0 Å². The zero-order valence-corrected chi connectivity index (χ0v) is 14.3. The van der Waals surface area contributed by atoms with Crippen molar-refractivity contribution in [2.45, 2.75) is 52.0 Å². The van der Waals surface area contributed by atoms with Gasteiger partial charge in [-0.15, -0.1) is 0 Å². The lowest BCUT2D eigenvalue weighted by Crippen LogP contribution is -2.47. The van der Waals surface area contributed by atoms with Crippen LogP contribution in [0.15, 0.2) is 0 Å². The summed E-state index contributed by atoms with van der Waals surface area (Å²) in [6.07, 6.45) is 7.09. The lowest BCUT2D eigenvalue weighted by atomic mass is 9.75. The second kappa shape index (κ2) is 7.86. The largest absolute Gasteiger partial charge is 0.308 e. The van der Waals surface area contributed by atoms with E-state index in [1.54, 1.807) is 0 Å². The third-order valence-corrected chi connectivity index (χ3v) is 5.58. The molecule has 18 heavy (non-hydrogen) atoms. The van der Waals surface area contributed by atoms with E-state index >= 15 is 0 Å². The van der Waals surface area contributed by atoms with E-state index in [-0.39, 0.29) is 0 Å². The third kappa shape index (κ3) is 4.82. The summed E-state index contributed by atoms with van der Waals surface area (Å²) in [5, 5.41) is 1.17. The first-order valence-corrected chi connectivity index (χ1v) is 8.60. The molecule has 1 aliphatic rings. The van der Waals surface area contributed by atoms with E-state index in [2.05, 4.69) is 53.7 Å². The molecule has 108 valence electrons. The van der Waals surface area contributed by atoms with Crippen LogP contribution in [0.1, 0.15) is 46.0 Å². The predicted octanol–water partition coefficient (Wildman–Crippen LogP) is 3.60. The standard InChI is InChI=1S/C15H31BrN2/c1-5-18(14(2)11-17(3)4)13-15(12-16)9-7-6-8-10-15/h14H,5-13H2,1-4H3. The number of likely N-dealkylation sites (N-methyl/N-ethyl adjacent to an activating group) is 2. The van der Waals surface area contributed by atoms with Gasteiger partial charge in [0.15, 0.2) is 0 Å². The number of rotatable bonds is 7. The molecule has 1 aliphatic carbocycles. The average Bonchev–Trinajstić information content (AvgIpc) is 2.36. The van der Waals surface area contributed by atoms with Gasteiger partial charge in [0.25, 0.3) is 0 Å². The maximum atomic E-state index is 3.79. The molecule has 0 aromatic heterocycles. The molecule has 1 rings (SSSR count). The van der Waals surface area contributed by atoms with Gasteiger partial charge in [0, 0.05) is 24.5 Å². The van der Waals surface area contributed by atoms with Crippen molar-refractivity contribution in [1.82, 2.24) is 9.80 Å². The summed E-state index contributed by atoms with van der Waals surface area (Å²) in [5.74, 6) is 0. The lowest BCUT2D eigenvalue weighted by Gasteiger charge is -2.42.